The lowest BCUT2D eigenvalue weighted by atomic mass is 9.85. The van der Waals surface area contributed by atoms with Gasteiger partial charge in [-0.2, -0.15) is 0 Å². The van der Waals surface area contributed by atoms with Gasteiger partial charge in [0.05, 0.1) is 39.1 Å². The number of aliphatic carboxylic acids is 1. The molecule has 1 aromatic heterocycles. The van der Waals surface area contributed by atoms with Crippen molar-refractivity contribution in [2.45, 2.75) is 56.8 Å². The molecule has 1 aromatic carbocycles. The second kappa shape index (κ2) is 17.7. The highest BCUT2D eigenvalue weighted by Crippen LogP contribution is 2.46. The molecule has 310 valence electrons. The van der Waals surface area contributed by atoms with E-state index in [1.54, 1.807) is 6.92 Å². The number of phosphoric ester groups is 1. The molecule has 0 saturated carbocycles. The fourth-order valence-corrected chi connectivity index (χ4v) is 6.86. The number of carbonyl (C=O) groups is 5. The van der Waals surface area contributed by atoms with Crippen LogP contribution in [-0.2, 0) is 44.3 Å². The molecule has 0 unspecified atom stereocenters. The molecule has 2 bridgehead atoms. The number of oxime groups is 1. The van der Waals surface area contributed by atoms with Gasteiger partial charge in [-0.15, -0.1) is 0 Å². The average molecular weight is 830 g/mol. The third-order valence-electron chi connectivity index (χ3n) is 9.42. The molecular formula is C33H38F2N5O16P. The van der Waals surface area contributed by atoms with Crippen LogP contribution in [0.2, 0.25) is 0 Å². The minimum Gasteiger partial charge on any atom is -0.482 e. The van der Waals surface area contributed by atoms with Crippen molar-refractivity contribution in [3.05, 3.63) is 63.1 Å². The number of carboxylic acids is 1. The zero-order valence-corrected chi connectivity index (χ0v) is 31.3. The molecule has 1 spiro atoms. The summed E-state index contributed by atoms with van der Waals surface area (Å²) in [5, 5.41) is 15.6. The van der Waals surface area contributed by atoms with E-state index in [9.17, 15) is 42.1 Å². The number of aromatic nitrogens is 1. The van der Waals surface area contributed by atoms with Crippen LogP contribution in [0, 0.1) is 11.6 Å². The van der Waals surface area contributed by atoms with E-state index < -0.39 is 124 Å². The van der Waals surface area contributed by atoms with Crippen LogP contribution in [0.5, 0.6) is 5.75 Å². The molecule has 0 aliphatic carbocycles. The predicted octanol–water partition coefficient (Wildman–Crippen LogP) is 1.26. The number of rotatable bonds is 15. The van der Waals surface area contributed by atoms with Crippen LogP contribution in [0.25, 0.3) is 0 Å². The largest absolute Gasteiger partial charge is 0.511 e. The minimum absolute atomic E-state index is 0.0601. The van der Waals surface area contributed by atoms with Gasteiger partial charge in [-0.05, 0) is 25.8 Å². The number of amides is 3. The van der Waals surface area contributed by atoms with Crippen molar-refractivity contribution in [2.75, 3.05) is 46.8 Å². The van der Waals surface area contributed by atoms with E-state index in [-0.39, 0.29) is 36.2 Å². The molecule has 21 nitrogen and oxygen atoms in total. The highest BCUT2D eigenvalue weighted by molar-refractivity contribution is 7.46. The van der Waals surface area contributed by atoms with Gasteiger partial charge in [0.15, 0.2) is 11.3 Å². The Bertz CT molecular complexity index is 2060. The second-order valence-electron chi connectivity index (χ2n) is 13.0. The van der Waals surface area contributed by atoms with E-state index in [0.717, 1.165) is 18.3 Å². The molecule has 4 heterocycles. The summed E-state index contributed by atoms with van der Waals surface area (Å²) in [6, 6.07) is 1.57. The van der Waals surface area contributed by atoms with E-state index in [0.29, 0.717) is 23.8 Å². The molecule has 57 heavy (non-hydrogen) atoms. The van der Waals surface area contributed by atoms with Crippen LogP contribution in [0.1, 0.15) is 65.1 Å². The van der Waals surface area contributed by atoms with E-state index in [1.807, 2.05) is 0 Å². The standard InChI is InChI=1S/C33H38F2N5O16P/c1-18-5-7-33(12-24(51-2)37-56-33)23-15-39(18)31(46)27-29(28(44)21(14-40(23)27)30(45)36-13-19-3-4-20(34)11-22(19)35)53-17-54-32(47)52-10-8-38(16-26(42)43)25(41)6-9-55-57(48,49)50/h3-4,11,14,18,23H,5-10,12-13,15-17H2,1-2H3,(H,36,45)(H,42,43)(H2,48,49,50)/t18-,23+,33-/m0/s1. The van der Waals surface area contributed by atoms with E-state index in [4.69, 9.17) is 38.7 Å². The van der Waals surface area contributed by atoms with Crippen molar-refractivity contribution in [2.24, 2.45) is 5.16 Å². The van der Waals surface area contributed by atoms with E-state index >= 15 is 0 Å². The first-order valence-electron chi connectivity index (χ1n) is 17.2. The Morgan fingerprint density at radius 2 is 1.91 bits per heavy atom. The number of fused-ring (bicyclic) bond motifs is 5. The molecule has 3 aliphatic rings. The summed E-state index contributed by atoms with van der Waals surface area (Å²) in [5.74, 6) is -6.25. The molecule has 2 aromatic rings. The zero-order chi connectivity index (χ0) is 41.7. The van der Waals surface area contributed by atoms with Crippen LogP contribution in [0.3, 0.4) is 0 Å². The van der Waals surface area contributed by atoms with Crippen LogP contribution >= 0.6 is 7.82 Å². The molecule has 3 aliphatic heterocycles. The molecule has 3 atom stereocenters. The summed E-state index contributed by atoms with van der Waals surface area (Å²) in [5.41, 5.74) is -3.20. The van der Waals surface area contributed by atoms with Crippen LogP contribution < -0.4 is 15.5 Å². The SMILES string of the molecule is COC1=NO[C@@]2(CC[C@H](C)N3C[C@H]2n2cc(C(=O)NCc4ccc(F)cc4F)c(=O)c(OCOC(=O)OCCN(CC(=O)O)C(=O)CCOP(=O)(O)O)c2C3=O)C1. The van der Waals surface area contributed by atoms with Gasteiger partial charge in [0, 0.05) is 37.0 Å². The highest BCUT2D eigenvalue weighted by Gasteiger charge is 2.55. The normalized spacial score (nSPS) is 19.8. The quantitative estimate of drug-likeness (QED) is 0.112. The fraction of sp³-hybridized carbons (Fsp3) is 0.485. The maximum Gasteiger partial charge on any atom is 0.511 e. The van der Waals surface area contributed by atoms with Crippen LogP contribution in [0.15, 0.2) is 34.3 Å². The number of phosphoric acid groups is 1. The fourth-order valence-electron chi connectivity index (χ4n) is 6.53. The summed E-state index contributed by atoms with van der Waals surface area (Å²) >= 11 is 0. The number of nitrogens with one attached hydrogen (secondary N) is 1. The lowest BCUT2D eigenvalue weighted by molar-refractivity contribution is -0.145. The highest BCUT2D eigenvalue weighted by atomic mass is 31.2. The Kier molecular flexibility index (Phi) is 13.2. The number of carbonyl (C=O) groups excluding carboxylic acids is 4. The number of ether oxygens (including phenoxy) is 4. The maximum absolute atomic E-state index is 14.4. The Hall–Kier alpha value is -5.64. The van der Waals surface area contributed by atoms with Crippen LogP contribution in [-0.4, -0.2) is 123 Å². The number of hydrogen-bond donors (Lipinski definition) is 4. The van der Waals surface area contributed by atoms with Crippen molar-refractivity contribution in [1.82, 2.24) is 19.7 Å². The number of halogens is 2. The summed E-state index contributed by atoms with van der Waals surface area (Å²) < 4.78 is 65.0. The molecule has 1 saturated heterocycles. The Balaban J connectivity index is 1.37. The van der Waals surface area contributed by atoms with Crippen molar-refractivity contribution >= 4 is 43.6 Å². The van der Waals surface area contributed by atoms with Gasteiger partial charge in [0.1, 0.15) is 30.3 Å². The number of nitrogens with zero attached hydrogens (tertiary/aromatic N) is 4. The van der Waals surface area contributed by atoms with Gasteiger partial charge >= 0.3 is 19.9 Å². The Labute approximate surface area is 321 Å². The summed E-state index contributed by atoms with van der Waals surface area (Å²) in [7, 11) is -3.48. The van der Waals surface area contributed by atoms with Crippen molar-refractivity contribution in [3.8, 4) is 5.75 Å². The molecule has 24 heteroatoms. The summed E-state index contributed by atoms with van der Waals surface area (Å²) in [6.07, 6.45) is 0.0994. The van der Waals surface area contributed by atoms with Gasteiger partial charge in [0.2, 0.25) is 29.8 Å². The van der Waals surface area contributed by atoms with Crippen molar-refractivity contribution in [3.63, 3.8) is 0 Å². The molecule has 1 fully saturated rings. The minimum atomic E-state index is -4.89. The number of hydrogen-bond acceptors (Lipinski definition) is 14. The monoisotopic (exact) mass is 829 g/mol. The molecule has 0 radical (unpaired) electrons. The molecule has 4 N–H and O–H groups in total. The van der Waals surface area contributed by atoms with Gasteiger partial charge in [-0.25, -0.2) is 18.1 Å². The first kappa shape index (κ1) is 42.5. The number of pyridine rings is 1. The number of benzene rings is 1. The first-order valence-corrected chi connectivity index (χ1v) is 18.7. The molecule has 5 rings (SSSR count). The lowest BCUT2D eigenvalue weighted by Crippen LogP contribution is -2.52. The van der Waals surface area contributed by atoms with Crippen LogP contribution in [0.4, 0.5) is 13.6 Å². The zero-order valence-electron chi connectivity index (χ0n) is 30.4. The van der Waals surface area contributed by atoms with Crippen molar-refractivity contribution in [1.29, 1.82) is 0 Å². The first-order chi connectivity index (χ1) is 26.9. The smallest absolute Gasteiger partial charge is 0.482 e. The molecular weight excluding hydrogens is 791 g/mol. The third kappa shape index (κ3) is 10.0. The topological polar surface area (TPSA) is 271 Å². The Morgan fingerprint density at radius 1 is 1.16 bits per heavy atom. The number of carboxylic acid groups (broad SMARTS) is 1. The lowest BCUT2D eigenvalue weighted by Gasteiger charge is -2.42. The van der Waals surface area contributed by atoms with E-state index in [1.165, 1.54) is 16.6 Å². The van der Waals surface area contributed by atoms with E-state index in [2.05, 4.69) is 15.0 Å². The Morgan fingerprint density at radius 3 is 2.58 bits per heavy atom. The summed E-state index contributed by atoms with van der Waals surface area (Å²) in [4.78, 5) is 103. The average Bonchev–Trinajstić information content (AvgIpc) is 3.52. The maximum atomic E-state index is 14.4. The van der Waals surface area contributed by atoms with Crippen molar-refractivity contribution < 1.29 is 80.5 Å². The molecule has 3 amide bonds. The second-order valence-corrected chi connectivity index (χ2v) is 14.3. The number of methoxy groups -OCH3 is 1. The summed E-state index contributed by atoms with van der Waals surface area (Å²) in [6.45, 7) is -2.36. The van der Waals surface area contributed by atoms with Gasteiger partial charge in [0.25, 0.3) is 11.8 Å². The predicted molar refractivity (Wildman–Crippen MR) is 185 cm³/mol. The van der Waals surface area contributed by atoms with Gasteiger partial charge in [-0.1, -0.05) is 11.2 Å². The third-order valence-corrected chi connectivity index (χ3v) is 9.93. The van der Waals surface area contributed by atoms with Gasteiger partial charge < -0.3 is 58.4 Å². The van der Waals surface area contributed by atoms with Gasteiger partial charge in [-0.3, -0.25) is 28.5 Å².